The summed E-state index contributed by atoms with van der Waals surface area (Å²) in [5.41, 5.74) is 0. The van der Waals surface area contributed by atoms with Gasteiger partial charge in [-0.3, -0.25) is 0 Å². The molecular formula is C14H24N2O2S2. The van der Waals surface area contributed by atoms with Gasteiger partial charge in [0.2, 0.25) is 0 Å². The zero-order valence-electron chi connectivity index (χ0n) is 12.3. The molecule has 1 aliphatic rings. The first kappa shape index (κ1) is 15.9. The van der Waals surface area contributed by atoms with Gasteiger partial charge in [-0.2, -0.15) is 4.31 Å². The Bertz CT molecular complexity index is 517. The Morgan fingerprint density at radius 1 is 1.35 bits per heavy atom. The molecule has 0 aliphatic carbocycles. The highest BCUT2D eigenvalue weighted by Gasteiger charge is 2.30. The van der Waals surface area contributed by atoms with Crippen LogP contribution in [0, 0.1) is 5.92 Å². The Hall–Kier alpha value is -0.430. The molecule has 1 aromatic heterocycles. The van der Waals surface area contributed by atoms with Crippen LogP contribution in [0.3, 0.4) is 0 Å². The van der Waals surface area contributed by atoms with E-state index >= 15 is 0 Å². The Labute approximate surface area is 126 Å². The van der Waals surface area contributed by atoms with Crippen molar-refractivity contribution in [2.45, 2.75) is 43.4 Å². The average Bonchev–Trinajstić information content (AvgIpc) is 2.90. The molecule has 1 saturated heterocycles. The van der Waals surface area contributed by atoms with E-state index in [1.165, 1.54) is 24.2 Å². The molecule has 0 spiro atoms. The van der Waals surface area contributed by atoms with Gasteiger partial charge in [-0.05, 0) is 37.9 Å². The number of hydrogen-bond donors (Lipinski definition) is 1. The van der Waals surface area contributed by atoms with Crippen LogP contribution in [0.5, 0.6) is 0 Å². The van der Waals surface area contributed by atoms with Gasteiger partial charge in [0.15, 0.2) is 0 Å². The van der Waals surface area contributed by atoms with Crippen molar-refractivity contribution in [3.05, 3.63) is 17.0 Å². The Morgan fingerprint density at radius 3 is 2.65 bits per heavy atom. The van der Waals surface area contributed by atoms with Crippen LogP contribution >= 0.6 is 11.3 Å². The molecule has 0 unspecified atom stereocenters. The van der Waals surface area contributed by atoms with Crippen LogP contribution < -0.4 is 5.32 Å². The third-order valence-electron chi connectivity index (χ3n) is 3.85. The second-order valence-electron chi connectivity index (χ2n) is 5.39. The van der Waals surface area contributed by atoms with Crippen LogP contribution in [0.2, 0.25) is 0 Å². The van der Waals surface area contributed by atoms with E-state index in [0.717, 1.165) is 24.3 Å². The zero-order valence-corrected chi connectivity index (χ0v) is 13.9. The van der Waals surface area contributed by atoms with Gasteiger partial charge >= 0.3 is 0 Å². The van der Waals surface area contributed by atoms with Crippen molar-refractivity contribution < 1.29 is 8.42 Å². The number of piperidine rings is 1. The van der Waals surface area contributed by atoms with Crippen molar-refractivity contribution in [2.75, 3.05) is 20.1 Å². The zero-order chi connectivity index (χ0) is 14.6. The number of thiophene rings is 1. The molecule has 1 fully saturated rings. The van der Waals surface area contributed by atoms with E-state index in [2.05, 4.69) is 12.2 Å². The van der Waals surface area contributed by atoms with E-state index in [1.807, 2.05) is 13.1 Å². The molecule has 0 aromatic carbocycles. The lowest BCUT2D eigenvalue weighted by molar-refractivity contribution is 0.263. The predicted octanol–water partition coefficient (Wildman–Crippen LogP) is 2.67. The summed E-state index contributed by atoms with van der Waals surface area (Å²) >= 11 is 1.38. The lowest BCUT2D eigenvalue weighted by Crippen LogP contribution is -2.38. The minimum Gasteiger partial charge on any atom is -0.315 e. The monoisotopic (exact) mass is 316 g/mol. The molecule has 20 heavy (non-hydrogen) atoms. The van der Waals surface area contributed by atoms with Gasteiger partial charge in [0.1, 0.15) is 4.21 Å². The Kier molecular flexibility index (Phi) is 5.60. The molecule has 1 N–H and O–H groups in total. The first-order valence-electron chi connectivity index (χ1n) is 7.31. The number of rotatable bonds is 6. The molecule has 1 aliphatic heterocycles. The summed E-state index contributed by atoms with van der Waals surface area (Å²) < 4.78 is 27.3. The van der Waals surface area contributed by atoms with E-state index in [0.29, 0.717) is 23.2 Å². The fourth-order valence-electron chi connectivity index (χ4n) is 2.74. The van der Waals surface area contributed by atoms with Crippen molar-refractivity contribution in [2.24, 2.45) is 5.92 Å². The highest BCUT2D eigenvalue weighted by atomic mass is 32.2. The van der Waals surface area contributed by atoms with Crippen LogP contribution in [-0.4, -0.2) is 32.9 Å². The van der Waals surface area contributed by atoms with Crippen molar-refractivity contribution in [1.82, 2.24) is 9.62 Å². The highest BCUT2D eigenvalue weighted by Crippen LogP contribution is 2.29. The first-order chi connectivity index (χ1) is 9.57. The van der Waals surface area contributed by atoms with Gasteiger partial charge in [0, 0.05) is 24.5 Å². The molecule has 2 heterocycles. The normalized spacial score (nSPS) is 18.5. The quantitative estimate of drug-likeness (QED) is 0.878. The van der Waals surface area contributed by atoms with Gasteiger partial charge in [0.05, 0.1) is 0 Å². The maximum absolute atomic E-state index is 12.6. The molecule has 4 nitrogen and oxygen atoms in total. The van der Waals surface area contributed by atoms with E-state index in [-0.39, 0.29) is 0 Å². The standard InChI is InChI=1S/C14H24N2O2S2/c1-3-4-12-7-9-16(10-8-12)20(17,18)14-6-5-13(19-14)11-15-2/h5-6,12,15H,3-4,7-11H2,1-2H3. The van der Waals surface area contributed by atoms with Crippen molar-refractivity contribution in [3.8, 4) is 0 Å². The molecule has 2 rings (SSSR count). The lowest BCUT2D eigenvalue weighted by Gasteiger charge is -2.30. The summed E-state index contributed by atoms with van der Waals surface area (Å²) in [6.45, 7) is 4.26. The average molecular weight is 316 g/mol. The molecule has 1 aromatic rings. The van der Waals surface area contributed by atoms with Crippen LogP contribution in [0.15, 0.2) is 16.3 Å². The van der Waals surface area contributed by atoms with Gasteiger partial charge in [0.25, 0.3) is 10.0 Å². The van der Waals surface area contributed by atoms with E-state index in [1.54, 1.807) is 10.4 Å². The predicted molar refractivity (Wildman–Crippen MR) is 83.5 cm³/mol. The van der Waals surface area contributed by atoms with Gasteiger partial charge in [-0.15, -0.1) is 11.3 Å². The topological polar surface area (TPSA) is 49.4 Å². The summed E-state index contributed by atoms with van der Waals surface area (Å²) in [5, 5.41) is 3.05. The maximum Gasteiger partial charge on any atom is 0.252 e. The van der Waals surface area contributed by atoms with Crippen LogP contribution in [0.1, 0.15) is 37.5 Å². The smallest absolute Gasteiger partial charge is 0.252 e. The largest absolute Gasteiger partial charge is 0.315 e. The van der Waals surface area contributed by atoms with Gasteiger partial charge in [-0.25, -0.2) is 8.42 Å². The summed E-state index contributed by atoms with van der Waals surface area (Å²) in [6, 6.07) is 3.64. The summed E-state index contributed by atoms with van der Waals surface area (Å²) in [7, 11) is -1.41. The van der Waals surface area contributed by atoms with Crippen LogP contribution in [0.4, 0.5) is 0 Å². The number of hydrogen-bond acceptors (Lipinski definition) is 4. The molecular weight excluding hydrogens is 292 g/mol. The van der Waals surface area contributed by atoms with Crippen LogP contribution in [0.25, 0.3) is 0 Å². The third kappa shape index (κ3) is 3.61. The van der Waals surface area contributed by atoms with E-state index in [9.17, 15) is 8.42 Å². The molecule has 0 atom stereocenters. The van der Waals surface area contributed by atoms with E-state index in [4.69, 9.17) is 0 Å². The van der Waals surface area contributed by atoms with Gasteiger partial charge in [-0.1, -0.05) is 19.8 Å². The molecule has 0 saturated carbocycles. The summed E-state index contributed by atoms with van der Waals surface area (Å²) in [4.78, 5) is 1.06. The van der Waals surface area contributed by atoms with Gasteiger partial charge < -0.3 is 5.32 Å². The molecule has 0 bridgehead atoms. The molecule has 6 heteroatoms. The second kappa shape index (κ2) is 7.02. The number of sulfonamides is 1. The molecule has 0 radical (unpaired) electrons. The molecule has 0 amide bonds. The summed E-state index contributed by atoms with van der Waals surface area (Å²) in [6.07, 6.45) is 4.42. The maximum atomic E-state index is 12.6. The van der Waals surface area contributed by atoms with Crippen molar-refractivity contribution >= 4 is 21.4 Å². The van der Waals surface area contributed by atoms with Crippen molar-refractivity contribution in [3.63, 3.8) is 0 Å². The second-order valence-corrected chi connectivity index (χ2v) is 8.72. The first-order valence-corrected chi connectivity index (χ1v) is 9.57. The fourth-order valence-corrected chi connectivity index (χ4v) is 5.73. The van der Waals surface area contributed by atoms with Crippen molar-refractivity contribution in [1.29, 1.82) is 0 Å². The highest BCUT2D eigenvalue weighted by molar-refractivity contribution is 7.91. The Balaban J connectivity index is 2.03. The summed E-state index contributed by atoms with van der Waals surface area (Å²) in [5.74, 6) is 0.703. The number of nitrogens with one attached hydrogen (secondary N) is 1. The fraction of sp³-hybridized carbons (Fsp3) is 0.714. The molecule has 114 valence electrons. The minimum absolute atomic E-state index is 0.483. The SMILES string of the molecule is CCCC1CCN(S(=O)(=O)c2ccc(CNC)s2)CC1. The lowest BCUT2D eigenvalue weighted by atomic mass is 9.94. The Morgan fingerprint density at radius 2 is 2.05 bits per heavy atom. The third-order valence-corrected chi connectivity index (χ3v) is 7.30. The minimum atomic E-state index is -3.27. The number of nitrogens with zero attached hydrogens (tertiary/aromatic N) is 1. The van der Waals surface area contributed by atoms with E-state index < -0.39 is 10.0 Å². The van der Waals surface area contributed by atoms with Crippen LogP contribution in [-0.2, 0) is 16.6 Å².